The first-order valence-electron chi connectivity index (χ1n) is 9.12. The molecule has 4 nitrogen and oxygen atoms in total. The predicted molar refractivity (Wildman–Crippen MR) is 101 cm³/mol. The van der Waals surface area contributed by atoms with Gasteiger partial charge in [-0.25, -0.2) is 0 Å². The van der Waals surface area contributed by atoms with Crippen molar-refractivity contribution in [2.45, 2.75) is 38.6 Å². The number of anilines is 1. The number of amides is 1. The number of rotatable bonds is 6. The van der Waals surface area contributed by atoms with E-state index < -0.39 is 0 Å². The molecule has 1 aliphatic rings. The monoisotopic (exact) mass is 338 g/mol. The lowest BCUT2D eigenvalue weighted by Crippen LogP contribution is -2.43. The van der Waals surface area contributed by atoms with Gasteiger partial charge in [0.15, 0.2) is 5.75 Å². The first-order valence-corrected chi connectivity index (χ1v) is 9.12. The van der Waals surface area contributed by atoms with E-state index in [2.05, 4.69) is 17.1 Å². The normalized spacial score (nSPS) is 17.9. The van der Waals surface area contributed by atoms with Gasteiger partial charge in [0.25, 0.3) is 0 Å². The van der Waals surface area contributed by atoms with Crippen LogP contribution in [0.4, 0.5) is 5.69 Å². The van der Waals surface area contributed by atoms with E-state index in [1.807, 2.05) is 54.6 Å². The zero-order valence-corrected chi connectivity index (χ0v) is 14.8. The van der Waals surface area contributed by atoms with Gasteiger partial charge in [0.05, 0.1) is 12.2 Å². The number of ether oxygens (including phenoxy) is 1. The van der Waals surface area contributed by atoms with Crippen LogP contribution in [-0.4, -0.2) is 29.9 Å². The summed E-state index contributed by atoms with van der Waals surface area (Å²) in [6.45, 7) is 3.65. The van der Waals surface area contributed by atoms with Crippen LogP contribution in [0.1, 0.15) is 32.6 Å². The molecular formula is C21H26N2O2. The van der Waals surface area contributed by atoms with Crippen LogP contribution in [0.2, 0.25) is 0 Å². The molecule has 0 bridgehead atoms. The van der Waals surface area contributed by atoms with Crippen molar-refractivity contribution in [1.82, 2.24) is 4.90 Å². The van der Waals surface area contributed by atoms with Crippen LogP contribution in [0.15, 0.2) is 54.6 Å². The Morgan fingerprint density at radius 3 is 2.68 bits per heavy atom. The van der Waals surface area contributed by atoms with Crippen molar-refractivity contribution in [2.24, 2.45) is 0 Å². The van der Waals surface area contributed by atoms with E-state index in [0.717, 1.165) is 18.7 Å². The molecule has 2 aromatic rings. The second-order valence-corrected chi connectivity index (χ2v) is 6.49. The highest BCUT2D eigenvalue weighted by atomic mass is 16.5. The number of likely N-dealkylation sites (tertiary alicyclic amines) is 1. The molecule has 132 valence electrons. The van der Waals surface area contributed by atoms with Gasteiger partial charge >= 0.3 is 0 Å². The molecule has 0 unspecified atom stereocenters. The summed E-state index contributed by atoms with van der Waals surface area (Å²) in [5.74, 6) is 1.43. The SMILES string of the molecule is CC[C@@H]1CCCCN1CC(=O)Nc1ccccc1Oc1ccccc1. The van der Waals surface area contributed by atoms with Crippen molar-refractivity contribution in [3.05, 3.63) is 54.6 Å². The van der Waals surface area contributed by atoms with Gasteiger partial charge in [-0.3, -0.25) is 9.69 Å². The summed E-state index contributed by atoms with van der Waals surface area (Å²) in [4.78, 5) is 14.8. The largest absolute Gasteiger partial charge is 0.455 e. The van der Waals surface area contributed by atoms with E-state index in [4.69, 9.17) is 4.74 Å². The summed E-state index contributed by atoms with van der Waals surface area (Å²) in [7, 11) is 0. The number of nitrogens with one attached hydrogen (secondary N) is 1. The summed E-state index contributed by atoms with van der Waals surface area (Å²) in [5, 5.41) is 3.02. The smallest absolute Gasteiger partial charge is 0.238 e. The molecule has 0 spiro atoms. The van der Waals surface area contributed by atoms with E-state index in [0.29, 0.717) is 24.0 Å². The van der Waals surface area contributed by atoms with Gasteiger partial charge in [0.1, 0.15) is 5.75 Å². The Morgan fingerprint density at radius 2 is 1.88 bits per heavy atom. The Balaban J connectivity index is 1.65. The molecule has 3 rings (SSSR count). The second kappa shape index (κ2) is 8.67. The lowest BCUT2D eigenvalue weighted by Gasteiger charge is -2.34. The number of carbonyl (C=O) groups excluding carboxylic acids is 1. The van der Waals surface area contributed by atoms with E-state index in [1.165, 1.54) is 19.3 Å². The van der Waals surface area contributed by atoms with Gasteiger partial charge in [-0.2, -0.15) is 0 Å². The van der Waals surface area contributed by atoms with Crippen LogP contribution in [0.3, 0.4) is 0 Å². The van der Waals surface area contributed by atoms with Crippen molar-refractivity contribution in [3.8, 4) is 11.5 Å². The topological polar surface area (TPSA) is 41.6 Å². The zero-order valence-electron chi connectivity index (χ0n) is 14.8. The number of hydrogen-bond donors (Lipinski definition) is 1. The lowest BCUT2D eigenvalue weighted by molar-refractivity contribution is -0.118. The van der Waals surface area contributed by atoms with Crippen LogP contribution in [0, 0.1) is 0 Å². The van der Waals surface area contributed by atoms with Gasteiger partial charge in [0.2, 0.25) is 5.91 Å². The first-order chi connectivity index (χ1) is 12.3. The molecule has 1 N–H and O–H groups in total. The van der Waals surface area contributed by atoms with Crippen LogP contribution in [0.5, 0.6) is 11.5 Å². The fourth-order valence-electron chi connectivity index (χ4n) is 3.38. The minimum atomic E-state index is 0.0180. The predicted octanol–water partition coefficient (Wildman–Crippen LogP) is 4.68. The van der Waals surface area contributed by atoms with E-state index in [-0.39, 0.29) is 5.91 Å². The number of nitrogens with zero attached hydrogens (tertiary/aromatic N) is 1. The maximum Gasteiger partial charge on any atom is 0.238 e. The molecule has 0 saturated carbocycles. The second-order valence-electron chi connectivity index (χ2n) is 6.49. The van der Waals surface area contributed by atoms with Crippen molar-refractivity contribution >= 4 is 11.6 Å². The number of para-hydroxylation sites is 3. The third-order valence-electron chi connectivity index (χ3n) is 4.70. The van der Waals surface area contributed by atoms with Crippen molar-refractivity contribution in [2.75, 3.05) is 18.4 Å². The summed E-state index contributed by atoms with van der Waals surface area (Å²) < 4.78 is 5.91. The van der Waals surface area contributed by atoms with Crippen LogP contribution in [-0.2, 0) is 4.79 Å². The van der Waals surface area contributed by atoms with Gasteiger partial charge in [-0.05, 0) is 50.1 Å². The van der Waals surface area contributed by atoms with E-state index in [1.54, 1.807) is 0 Å². The van der Waals surface area contributed by atoms with Crippen molar-refractivity contribution in [3.63, 3.8) is 0 Å². The molecule has 25 heavy (non-hydrogen) atoms. The minimum absolute atomic E-state index is 0.0180. The summed E-state index contributed by atoms with van der Waals surface area (Å²) in [6, 6.07) is 17.7. The molecule has 1 amide bonds. The van der Waals surface area contributed by atoms with Crippen molar-refractivity contribution < 1.29 is 9.53 Å². The fraction of sp³-hybridized carbons (Fsp3) is 0.381. The fourth-order valence-corrected chi connectivity index (χ4v) is 3.38. The average Bonchev–Trinajstić information content (AvgIpc) is 2.64. The van der Waals surface area contributed by atoms with Gasteiger partial charge < -0.3 is 10.1 Å². The number of piperidine rings is 1. The summed E-state index contributed by atoms with van der Waals surface area (Å²) in [5.41, 5.74) is 0.710. The van der Waals surface area contributed by atoms with Gasteiger partial charge in [-0.15, -0.1) is 0 Å². The maximum absolute atomic E-state index is 12.5. The standard InChI is InChI=1S/C21H26N2O2/c1-2-17-10-8-9-15-23(17)16-21(24)22-19-13-6-7-14-20(19)25-18-11-4-3-5-12-18/h3-7,11-14,17H,2,8-10,15-16H2,1H3,(H,22,24)/t17-/m1/s1. The van der Waals surface area contributed by atoms with Gasteiger partial charge in [0, 0.05) is 6.04 Å². The Bertz CT molecular complexity index is 687. The minimum Gasteiger partial charge on any atom is -0.455 e. The Kier molecular flexibility index (Phi) is 6.07. The van der Waals surface area contributed by atoms with Crippen LogP contribution >= 0.6 is 0 Å². The molecule has 1 atom stereocenters. The Labute approximate surface area is 149 Å². The molecule has 2 aromatic carbocycles. The van der Waals surface area contributed by atoms with E-state index >= 15 is 0 Å². The maximum atomic E-state index is 12.5. The van der Waals surface area contributed by atoms with E-state index in [9.17, 15) is 4.79 Å². The molecule has 1 aliphatic heterocycles. The van der Waals surface area contributed by atoms with Gasteiger partial charge in [-0.1, -0.05) is 43.7 Å². The highest BCUT2D eigenvalue weighted by Gasteiger charge is 2.23. The Morgan fingerprint density at radius 1 is 1.12 bits per heavy atom. The third-order valence-corrected chi connectivity index (χ3v) is 4.70. The molecule has 4 heteroatoms. The quantitative estimate of drug-likeness (QED) is 0.831. The molecule has 0 aromatic heterocycles. The van der Waals surface area contributed by atoms with Crippen LogP contribution in [0.25, 0.3) is 0 Å². The van der Waals surface area contributed by atoms with Crippen molar-refractivity contribution in [1.29, 1.82) is 0 Å². The molecule has 1 saturated heterocycles. The lowest BCUT2D eigenvalue weighted by atomic mass is 10.00. The number of benzene rings is 2. The highest BCUT2D eigenvalue weighted by Crippen LogP contribution is 2.29. The summed E-state index contributed by atoms with van der Waals surface area (Å²) in [6.07, 6.45) is 4.74. The molecule has 0 aliphatic carbocycles. The zero-order chi connectivity index (χ0) is 17.5. The summed E-state index contributed by atoms with van der Waals surface area (Å²) >= 11 is 0. The molecule has 1 heterocycles. The molecular weight excluding hydrogens is 312 g/mol. The molecule has 0 radical (unpaired) electrons. The average molecular weight is 338 g/mol. The first kappa shape index (κ1) is 17.5. The third kappa shape index (κ3) is 4.83. The molecule has 1 fully saturated rings. The number of carbonyl (C=O) groups is 1. The highest BCUT2D eigenvalue weighted by molar-refractivity contribution is 5.93. The van der Waals surface area contributed by atoms with Crippen LogP contribution < -0.4 is 10.1 Å². The number of hydrogen-bond acceptors (Lipinski definition) is 3. The Hall–Kier alpha value is -2.33.